The van der Waals surface area contributed by atoms with Gasteiger partial charge in [-0.3, -0.25) is 0 Å². The van der Waals surface area contributed by atoms with Crippen molar-refractivity contribution in [3.63, 3.8) is 0 Å². The molecule has 0 aromatic heterocycles. The monoisotopic (exact) mass is 197 g/mol. The molecule has 1 rings (SSSR count). The third kappa shape index (κ3) is 2.11. The van der Waals surface area contributed by atoms with E-state index in [1.807, 2.05) is 6.92 Å². The molecule has 2 atom stereocenters. The van der Waals surface area contributed by atoms with Crippen LogP contribution in [-0.2, 0) is 6.42 Å². The third-order valence-electron chi connectivity index (χ3n) is 2.39. The van der Waals surface area contributed by atoms with Crippen LogP contribution in [0.1, 0.15) is 31.0 Å². The van der Waals surface area contributed by atoms with E-state index in [0.29, 0.717) is 17.5 Å². The summed E-state index contributed by atoms with van der Waals surface area (Å²) in [5.74, 6) is -0.249. The van der Waals surface area contributed by atoms with Gasteiger partial charge in [0.15, 0.2) is 0 Å². The highest BCUT2D eigenvalue weighted by Crippen LogP contribution is 2.21. The lowest BCUT2D eigenvalue weighted by Crippen LogP contribution is -2.24. The van der Waals surface area contributed by atoms with Gasteiger partial charge in [-0.25, -0.2) is 4.39 Å². The Morgan fingerprint density at radius 3 is 2.64 bits per heavy atom. The maximum Gasteiger partial charge on any atom is 0.126 e. The van der Waals surface area contributed by atoms with Gasteiger partial charge in [0.25, 0.3) is 0 Å². The standard InChI is InChI=1S/C11H16FNO/c1-3-8-9(11(13)7(2)14)5-4-6-10(8)12/h4-7,11,14H,3,13H2,1-2H3/t7-,11-/m0/s1. The number of benzene rings is 1. The van der Waals surface area contributed by atoms with E-state index in [9.17, 15) is 9.50 Å². The van der Waals surface area contributed by atoms with Crippen LogP contribution in [0.15, 0.2) is 18.2 Å². The largest absolute Gasteiger partial charge is 0.391 e. The maximum absolute atomic E-state index is 13.3. The summed E-state index contributed by atoms with van der Waals surface area (Å²) < 4.78 is 13.3. The number of halogens is 1. The fourth-order valence-corrected chi connectivity index (χ4v) is 1.52. The lowest BCUT2D eigenvalue weighted by atomic mass is 9.96. The summed E-state index contributed by atoms with van der Waals surface area (Å²) in [6.07, 6.45) is -0.0790. The first kappa shape index (κ1) is 11.1. The maximum atomic E-state index is 13.3. The van der Waals surface area contributed by atoms with E-state index in [1.165, 1.54) is 6.07 Å². The summed E-state index contributed by atoms with van der Waals surface area (Å²) in [5, 5.41) is 9.34. The van der Waals surface area contributed by atoms with E-state index >= 15 is 0 Å². The van der Waals surface area contributed by atoms with E-state index in [1.54, 1.807) is 19.1 Å². The van der Waals surface area contributed by atoms with Gasteiger partial charge in [0.1, 0.15) is 5.82 Å². The summed E-state index contributed by atoms with van der Waals surface area (Å²) in [6.45, 7) is 3.48. The number of hydrogen-bond donors (Lipinski definition) is 2. The van der Waals surface area contributed by atoms with Crippen LogP contribution >= 0.6 is 0 Å². The molecule has 0 saturated heterocycles. The molecular weight excluding hydrogens is 181 g/mol. The van der Waals surface area contributed by atoms with Crippen LogP contribution in [0.2, 0.25) is 0 Å². The van der Waals surface area contributed by atoms with Crippen molar-refractivity contribution in [1.29, 1.82) is 0 Å². The highest BCUT2D eigenvalue weighted by molar-refractivity contribution is 5.31. The van der Waals surface area contributed by atoms with Gasteiger partial charge in [-0.15, -0.1) is 0 Å². The first-order chi connectivity index (χ1) is 6.57. The van der Waals surface area contributed by atoms with Gasteiger partial charge in [0, 0.05) is 0 Å². The number of nitrogens with two attached hydrogens (primary N) is 1. The molecule has 0 aliphatic rings. The van der Waals surface area contributed by atoms with Crippen molar-refractivity contribution < 1.29 is 9.50 Å². The Balaban J connectivity index is 3.13. The second kappa shape index (κ2) is 4.53. The third-order valence-corrected chi connectivity index (χ3v) is 2.39. The molecule has 3 heteroatoms. The van der Waals surface area contributed by atoms with Gasteiger partial charge in [-0.2, -0.15) is 0 Å². The van der Waals surface area contributed by atoms with Crippen molar-refractivity contribution in [1.82, 2.24) is 0 Å². The second-order valence-corrected chi connectivity index (χ2v) is 3.43. The first-order valence-corrected chi connectivity index (χ1v) is 4.78. The summed E-state index contributed by atoms with van der Waals surface area (Å²) in [5.41, 5.74) is 7.06. The molecule has 0 fully saturated rings. The lowest BCUT2D eigenvalue weighted by molar-refractivity contribution is 0.163. The molecule has 2 nitrogen and oxygen atoms in total. The highest BCUT2D eigenvalue weighted by Gasteiger charge is 2.16. The number of aliphatic hydroxyl groups excluding tert-OH is 1. The molecule has 0 aliphatic heterocycles. The fraction of sp³-hybridized carbons (Fsp3) is 0.455. The molecule has 0 heterocycles. The predicted octanol–water partition coefficient (Wildman–Crippen LogP) is 1.77. The van der Waals surface area contributed by atoms with Crippen LogP contribution in [-0.4, -0.2) is 11.2 Å². The van der Waals surface area contributed by atoms with Crippen LogP contribution in [0.5, 0.6) is 0 Å². The Morgan fingerprint density at radius 1 is 1.50 bits per heavy atom. The zero-order chi connectivity index (χ0) is 10.7. The van der Waals surface area contributed by atoms with Crippen molar-refractivity contribution in [2.75, 3.05) is 0 Å². The van der Waals surface area contributed by atoms with Crippen LogP contribution in [0.4, 0.5) is 4.39 Å². The Bertz CT molecular complexity index is 312. The molecule has 1 aromatic carbocycles. The highest BCUT2D eigenvalue weighted by atomic mass is 19.1. The van der Waals surface area contributed by atoms with E-state index in [-0.39, 0.29) is 5.82 Å². The quantitative estimate of drug-likeness (QED) is 0.775. The van der Waals surface area contributed by atoms with E-state index in [4.69, 9.17) is 5.73 Å². The normalized spacial score (nSPS) is 15.2. The summed E-state index contributed by atoms with van der Waals surface area (Å²) in [6, 6.07) is 4.28. The van der Waals surface area contributed by atoms with Gasteiger partial charge in [-0.05, 0) is 30.5 Å². The Labute approximate surface area is 83.6 Å². The first-order valence-electron chi connectivity index (χ1n) is 4.78. The number of rotatable bonds is 3. The molecule has 0 unspecified atom stereocenters. The van der Waals surface area contributed by atoms with Gasteiger partial charge < -0.3 is 10.8 Å². The van der Waals surface area contributed by atoms with Crippen molar-refractivity contribution in [2.45, 2.75) is 32.4 Å². The minimum absolute atomic E-state index is 0.249. The van der Waals surface area contributed by atoms with Crippen molar-refractivity contribution in [2.24, 2.45) is 5.73 Å². The number of hydrogen-bond acceptors (Lipinski definition) is 2. The molecule has 1 aromatic rings. The zero-order valence-electron chi connectivity index (χ0n) is 8.50. The Kier molecular flexibility index (Phi) is 3.61. The zero-order valence-corrected chi connectivity index (χ0v) is 8.50. The molecule has 3 N–H and O–H groups in total. The molecule has 0 aliphatic carbocycles. The van der Waals surface area contributed by atoms with E-state index in [0.717, 1.165) is 0 Å². The molecule has 0 saturated carbocycles. The van der Waals surface area contributed by atoms with Crippen molar-refractivity contribution in [3.05, 3.63) is 35.1 Å². The fourth-order valence-electron chi connectivity index (χ4n) is 1.52. The van der Waals surface area contributed by atoms with E-state index < -0.39 is 12.1 Å². The van der Waals surface area contributed by atoms with Gasteiger partial charge >= 0.3 is 0 Å². The summed E-state index contributed by atoms with van der Waals surface area (Å²) >= 11 is 0. The average molecular weight is 197 g/mol. The van der Waals surface area contributed by atoms with Crippen LogP contribution in [0, 0.1) is 5.82 Å². The summed E-state index contributed by atoms with van der Waals surface area (Å²) in [4.78, 5) is 0. The second-order valence-electron chi connectivity index (χ2n) is 3.43. The summed E-state index contributed by atoms with van der Waals surface area (Å²) in [7, 11) is 0. The van der Waals surface area contributed by atoms with Gasteiger partial charge in [0.2, 0.25) is 0 Å². The average Bonchev–Trinajstić information content (AvgIpc) is 2.16. The van der Waals surface area contributed by atoms with Crippen LogP contribution in [0.3, 0.4) is 0 Å². The molecule has 0 radical (unpaired) electrons. The topological polar surface area (TPSA) is 46.2 Å². The molecule has 14 heavy (non-hydrogen) atoms. The SMILES string of the molecule is CCc1c(F)cccc1[C@@H](N)[C@H](C)O. The van der Waals surface area contributed by atoms with Crippen LogP contribution in [0.25, 0.3) is 0 Å². The molecule has 0 bridgehead atoms. The molecule has 78 valence electrons. The Hall–Kier alpha value is -0.930. The van der Waals surface area contributed by atoms with E-state index in [2.05, 4.69) is 0 Å². The molecular formula is C11H16FNO. The predicted molar refractivity (Wildman–Crippen MR) is 54.4 cm³/mol. The number of aliphatic hydroxyl groups is 1. The minimum atomic E-state index is -0.665. The molecule has 0 amide bonds. The van der Waals surface area contributed by atoms with Crippen LogP contribution < -0.4 is 5.73 Å². The van der Waals surface area contributed by atoms with Gasteiger partial charge in [-0.1, -0.05) is 19.1 Å². The minimum Gasteiger partial charge on any atom is -0.391 e. The lowest BCUT2D eigenvalue weighted by Gasteiger charge is -2.18. The van der Waals surface area contributed by atoms with Crippen molar-refractivity contribution >= 4 is 0 Å². The smallest absolute Gasteiger partial charge is 0.126 e. The van der Waals surface area contributed by atoms with Crippen molar-refractivity contribution in [3.8, 4) is 0 Å². The van der Waals surface area contributed by atoms with Gasteiger partial charge in [0.05, 0.1) is 12.1 Å². The Morgan fingerprint density at radius 2 is 2.14 bits per heavy atom. The molecule has 0 spiro atoms.